The normalized spacial score (nSPS) is 16.0. The molecule has 0 aromatic heterocycles. The van der Waals surface area contributed by atoms with Crippen LogP contribution in [-0.4, -0.2) is 11.1 Å². The van der Waals surface area contributed by atoms with Gasteiger partial charge in [0, 0.05) is 21.2 Å². The highest BCUT2D eigenvalue weighted by Gasteiger charge is 2.24. The Morgan fingerprint density at radius 3 is 2.61 bits per heavy atom. The SMILES string of the molecule is Cc1ccc(N=C2NC(=O)/C(=C/c3cc(Cl)ccc3OCc3ccccc3Cl)S2)cc1. The highest BCUT2D eigenvalue weighted by atomic mass is 35.5. The number of aliphatic imine (C=N–C) groups is 1. The largest absolute Gasteiger partial charge is 0.488 e. The van der Waals surface area contributed by atoms with Gasteiger partial charge in [-0.05, 0) is 61.2 Å². The molecule has 7 heteroatoms. The molecule has 1 saturated heterocycles. The summed E-state index contributed by atoms with van der Waals surface area (Å²) in [5.74, 6) is 0.391. The number of hydrogen-bond donors (Lipinski definition) is 1. The van der Waals surface area contributed by atoms with Gasteiger partial charge in [-0.3, -0.25) is 4.79 Å². The molecule has 0 bridgehead atoms. The standard InChI is InChI=1S/C24H18Cl2N2O2S/c1-15-6-9-19(10-7-15)27-24-28-23(29)22(31-24)13-17-12-18(25)8-11-21(17)30-14-16-4-2-3-5-20(16)26/h2-13H,14H2,1H3,(H,27,28,29)/b22-13-. The fraction of sp³-hybridized carbons (Fsp3) is 0.0833. The zero-order chi connectivity index (χ0) is 21.8. The molecule has 0 radical (unpaired) electrons. The molecular formula is C24H18Cl2N2O2S. The van der Waals surface area contributed by atoms with Gasteiger partial charge in [0.1, 0.15) is 12.4 Å². The summed E-state index contributed by atoms with van der Waals surface area (Å²) in [6.07, 6.45) is 1.76. The van der Waals surface area contributed by atoms with Crippen LogP contribution in [0.25, 0.3) is 6.08 Å². The van der Waals surface area contributed by atoms with E-state index in [4.69, 9.17) is 27.9 Å². The third-order valence-corrected chi connectivity index (χ3v) is 6.03. The second-order valence-electron chi connectivity index (χ2n) is 6.88. The van der Waals surface area contributed by atoms with Crippen molar-refractivity contribution in [3.63, 3.8) is 0 Å². The van der Waals surface area contributed by atoms with Gasteiger partial charge in [0.15, 0.2) is 5.17 Å². The lowest BCUT2D eigenvalue weighted by atomic mass is 10.1. The molecule has 1 aliphatic rings. The number of nitrogens with one attached hydrogen (secondary N) is 1. The van der Waals surface area contributed by atoms with Crippen LogP contribution in [0.5, 0.6) is 5.75 Å². The van der Waals surface area contributed by atoms with Gasteiger partial charge >= 0.3 is 0 Å². The molecule has 3 aromatic carbocycles. The van der Waals surface area contributed by atoms with Crippen molar-refractivity contribution in [1.29, 1.82) is 0 Å². The maximum Gasteiger partial charge on any atom is 0.264 e. The number of nitrogens with zero attached hydrogens (tertiary/aromatic N) is 1. The van der Waals surface area contributed by atoms with Crippen LogP contribution < -0.4 is 10.1 Å². The van der Waals surface area contributed by atoms with Gasteiger partial charge in [0.05, 0.1) is 10.6 Å². The van der Waals surface area contributed by atoms with E-state index in [-0.39, 0.29) is 5.91 Å². The smallest absolute Gasteiger partial charge is 0.264 e. The summed E-state index contributed by atoms with van der Waals surface area (Å²) in [7, 11) is 0. The minimum Gasteiger partial charge on any atom is -0.488 e. The number of halogens is 2. The molecule has 1 N–H and O–H groups in total. The molecular weight excluding hydrogens is 451 g/mol. The van der Waals surface area contributed by atoms with Gasteiger partial charge in [-0.1, -0.05) is 59.1 Å². The molecule has 0 unspecified atom stereocenters. The molecule has 156 valence electrons. The summed E-state index contributed by atoms with van der Waals surface area (Å²) in [5.41, 5.74) is 3.51. The number of amides is 1. The van der Waals surface area contributed by atoms with Crippen LogP contribution >= 0.6 is 35.0 Å². The Hall–Kier alpha value is -2.73. The Kier molecular flexibility index (Phi) is 6.66. The summed E-state index contributed by atoms with van der Waals surface area (Å²) in [4.78, 5) is 17.5. The molecule has 1 aliphatic heterocycles. The Bertz CT molecular complexity index is 1190. The lowest BCUT2D eigenvalue weighted by Gasteiger charge is -2.11. The number of rotatable bonds is 5. The third-order valence-electron chi connectivity index (χ3n) is 4.51. The maximum absolute atomic E-state index is 12.5. The average Bonchev–Trinajstić information content (AvgIpc) is 3.09. The Morgan fingerprint density at radius 1 is 1.06 bits per heavy atom. The highest BCUT2D eigenvalue weighted by molar-refractivity contribution is 8.18. The van der Waals surface area contributed by atoms with E-state index in [1.807, 2.05) is 55.5 Å². The summed E-state index contributed by atoms with van der Waals surface area (Å²) < 4.78 is 5.98. The van der Waals surface area contributed by atoms with Gasteiger partial charge in [-0.2, -0.15) is 0 Å². The number of ether oxygens (including phenoxy) is 1. The van der Waals surface area contributed by atoms with Gasteiger partial charge < -0.3 is 10.1 Å². The van der Waals surface area contributed by atoms with Gasteiger partial charge in [-0.15, -0.1) is 0 Å². The topological polar surface area (TPSA) is 50.7 Å². The van der Waals surface area contributed by atoms with Crippen molar-refractivity contribution in [3.05, 3.63) is 98.4 Å². The van der Waals surface area contributed by atoms with E-state index in [9.17, 15) is 4.79 Å². The zero-order valence-electron chi connectivity index (χ0n) is 16.6. The lowest BCUT2D eigenvalue weighted by Crippen LogP contribution is -2.19. The fourth-order valence-corrected chi connectivity index (χ4v) is 4.10. The van der Waals surface area contributed by atoms with Crippen LogP contribution in [0.4, 0.5) is 5.69 Å². The van der Waals surface area contributed by atoms with Crippen LogP contribution in [0, 0.1) is 6.92 Å². The van der Waals surface area contributed by atoms with Gasteiger partial charge in [-0.25, -0.2) is 4.99 Å². The number of benzene rings is 3. The molecule has 1 fully saturated rings. The van der Waals surface area contributed by atoms with Crippen molar-refractivity contribution in [2.75, 3.05) is 0 Å². The maximum atomic E-state index is 12.5. The van der Waals surface area contributed by atoms with Crippen molar-refractivity contribution in [2.24, 2.45) is 4.99 Å². The first-order valence-corrected chi connectivity index (χ1v) is 11.1. The van der Waals surface area contributed by atoms with Crippen molar-refractivity contribution in [3.8, 4) is 5.75 Å². The van der Waals surface area contributed by atoms with Crippen molar-refractivity contribution in [2.45, 2.75) is 13.5 Å². The van der Waals surface area contributed by atoms with Gasteiger partial charge in [0.25, 0.3) is 5.91 Å². The highest BCUT2D eigenvalue weighted by Crippen LogP contribution is 2.32. The zero-order valence-corrected chi connectivity index (χ0v) is 18.9. The molecule has 0 aliphatic carbocycles. The van der Waals surface area contributed by atoms with Gasteiger partial charge in [0.2, 0.25) is 0 Å². The molecule has 4 rings (SSSR count). The molecule has 1 amide bonds. The summed E-state index contributed by atoms with van der Waals surface area (Å²) in [5, 5.41) is 4.52. The van der Waals surface area contributed by atoms with Crippen molar-refractivity contribution < 1.29 is 9.53 Å². The predicted octanol–water partition coefficient (Wildman–Crippen LogP) is 6.77. The van der Waals surface area contributed by atoms with Crippen LogP contribution in [0.3, 0.4) is 0 Å². The minimum atomic E-state index is -0.215. The quantitative estimate of drug-likeness (QED) is 0.420. The predicted molar refractivity (Wildman–Crippen MR) is 129 cm³/mol. The second-order valence-corrected chi connectivity index (χ2v) is 8.75. The number of hydrogen-bond acceptors (Lipinski definition) is 4. The first-order chi connectivity index (χ1) is 15.0. The minimum absolute atomic E-state index is 0.215. The number of thioether (sulfide) groups is 1. The van der Waals surface area contributed by atoms with Crippen LogP contribution in [0.1, 0.15) is 16.7 Å². The van der Waals surface area contributed by atoms with Crippen molar-refractivity contribution >= 4 is 57.8 Å². The molecule has 4 nitrogen and oxygen atoms in total. The summed E-state index contributed by atoms with van der Waals surface area (Å²) in [6.45, 7) is 2.32. The third kappa shape index (κ3) is 5.50. The first-order valence-electron chi connectivity index (χ1n) is 9.50. The summed E-state index contributed by atoms with van der Waals surface area (Å²) in [6, 6.07) is 20.6. The number of aryl methyl sites for hydroxylation is 1. The molecule has 0 saturated carbocycles. The second kappa shape index (κ2) is 9.60. The van der Waals surface area contributed by atoms with Crippen LogP contribution in [0.15, 0.2) is 76.6 Å². The molecule has 31 heavy (non-hydrogen) atoms. The molecule has 3 aromatic rings. The number of carbonyl (C=O) groups excluding carboxylic acids is 1. The summed E-state index contributed by atoms with van der Waals surface area (Å²) >= 11 is 13.7. The lowest BCUT2D eigenvalue weighted by molar-refractivity contribution is -0.115. The van der Waals surface area contributed by atoms with E-state index in [0.717, 1.165) is 16.8 Å². The molecule has 0 spiro atoms. The van der Waals surface area contributed by atoms with E-state index >= 15 is 0 Å². The van der Waals surface area contributed by atoms with Crippen LogP contribution in [0.2, 0.25) is 10.0 Å². The molecule has 0 atom stereocenters. The Morgan fingerprint density at radius 2 is 1.84 bits per heavy atom. The van der Waals surface area contributed by atoms with Crippen molar-refractivity contribution in [1.82, 2.24) is 5.32 Å². The Labute approximate surface area is 194 Å². The monoisotopic (exact) mass is 468 g/mol. The van der Waals surface area contributed by atoms with E-state index in [0.29, 0.717) is 38.0 Å². The van der Waals surface area contributed by atoms with E-state index in [1.54, 1.807) is 24.3 Å². The van der Waals surface area contributed by atoms with E-state index < -0.39 is 0 Å². The average molecular weight is 469 g/mol. The fourth-order valence-electron chi connectivity index (χ4n) is 2.89. The van der Waals surface area contributed by atoms with E-state index in [2.05, 4.69) is 10.3 Å². The number of carbonyl (C=O) groups is 1. The van der Waals surface area contributed by atoms with E-state index in [1.165, 1.54) is 11.8 Å². The first kappa shape index (κ1) is 21.5. The van der Waals surface area contributed by atoms with Crippen LogP contribution in [-0.2, 0) is 11.4 Å². The number of amidine groups is 1. The molecule has 1 heterocycles. The Balaban J connectivity index is 1.56.